The Bertz CT molecular complexity index is 925. The van der Waals surface area contributed by atoms with E-state index in [-0.39, 0.29) is 24.3 Å². The van der Waals surface area contributed by atoms with E-state index in [1.165, 1.54) is 19.1 Å². The lowest BCUT2D eigenvalue weighted by molar-refractivity contribution is -0.284. The molecule has 0 aliphatic carbocycles. The van der Waals surface area contributed by atoms with Gasteiger partial charge in [-0.15, -0.1) is 0 Å². The van der Waals surface area contributed by atoms with Gasteiger partial charge in [-0.2, -0.15) is 0 Å². The Morgan fingerprint density at radius 1 is 0.909 bits per heavy atom. The zero-order valence-electron chi connectivity index (χ0n) is 18.6. The second kappa shape index (κ2) is 10.1. The van der Waals surface area contributed by atoms with E-state index in [1.54, 1.807) is 19.1 Å². The van der Waals surface area contributed by atoms with E-state index in [9.17, 15) is 24.0 Å². The smallest absolute Gasteiger partial charge is 0.303 e. The first kappa shape index (κ1) is 24.3. The quantitative estimate of drug-likeness (QED) is 0.325. The van der Waals surface area contributed by atoms with Crippen molar-refractivity contribution in [3.63, 3.8) is 0 Å². The summed E-state index contributed by atoms with van der Waals surface area (Å²) >= 11 is 0. The van der Waals surface area contributed by atoms with Crippen molar-refractivity contribution in [3.05, 3.63) is 35.4 Å². The molecule has 2 heterocycles. The fourth-order valence-electron chi connectivity index (χ4n) is 3.94. The molecular formula is C22H25NO10. The van der Waals surface area contributed by atoms with E-state index in [2.05, 4.69) is 0 Å². The Labute approximate surface area is 189 Å². The summed E-state index contributed by atoms with van der Waals surface area (Å²) in [5, 5.41) is 0. The van der Waals surface area contributed by atoms with E-state index in [1.807, 2.05) is 0 Å². The van der Waals surface area contributed by atoms with Crippen LogP contribution in [0.2, 0.25) is 0 Å². The zero-order valence-corrected chi connectivity index (χ0v) is 18.6. The molecule has 0 saturated carbocycles. The highest BCUT2D eigenvalue weighted by molar-refractivity contribution is 6.21. The topological polar surface area (TPSA) is 135 Å². The predicted molar refractivity (Wildman–Crippen MR) is 109 cm³/mol. The summed E-state index contributed by atoms with van der Waals surface area (Å²) in [5.74, 6) is -3.36. The number of hydrogen-bond donors (Lipinski definition) is 0. The minimum absolute atomic E-state index is 0.121. The standard InChI is InChI=1S/C22H25NO10/c1-5-29-22-17(23-20(27)14-8-6-7-9-15(14)21(23)28)19(32-13(4)26)18(31-12(3)25)16(33-22)10-30-11(2)24/h6-9,16-19,22H,5,10H2,1-4H3/t16-,17-,18-,19-,22-/m1/s1. The van der Waals surface area contributed by atoms with Crippen molar-refractivity contribution in [2.45, 2.75) is 58.3 Å². The zero-order chi connectivity index (χ0) is 24.3. The summed E-state index contributed by atoms with van der Waals surface area (Å²) in [6, 6.07) is 4.96. The van der Waals surface area contributed by atoms with E-state index >= 15 is 0 Å². The third kappa shape index (κ3) is 5.04. The van der Waals surface area contributed by atoms with Gasteiger partial charge < -0.3 is 23.7 Å². The van der Waals surface area contributed by atoms with Crippen LogP contribution in [0, 0.1) is 0 Å². The first-order valence-electron chi connectivity index (χ1n) is 10.4. The van der Waals surface area contributed by atoms with Crippen molar-refractivity contribution in [1.82, 2.24) is 4.90 Å². The van der Waals surface area contributed by atoms with Crippen LogP contribution in [0.4, 0.5) is 0 Å². The van der Waals surface area contributed by atoms with E-state index in [0.717, 1.165) is 18.7 Å². The maximum absolute atomic E-state index is 13.2. The molecule has 1 aromatic rings. The summed E-state index contributed by atoms with van der Waals surface area (Å²) in [4.78, 5) is 62.5. The molecule has 0 spiro atoms. The summed E-state index contributed by atoms with van der Waals surface area (Å²) in [6.45, 7) is 4.91. The van der Waals surface area contributed by atoms with Crippen LogP contribution in [0.1, 0.15) is 48.4 Å². The number of benzene rings is 1. The lowest BCUT2D eigenvalue weighted by Gasteiger charge is -2.47. The van der Waals surface area contributed by atoms with Gasteiger partial charge in [-0.3, -0.25) is 28.9 Å². The van der Waals surface area contributed by atoms with Gasteiger partial charge in [0.25, 0.3) is 11.8 Å². The maximum Gasteiger partial charge on any atom is 0.303 e. The molecule has 1 fully saturated rings. The molecule has 33 heavy (non-hydrogen) atoms. The van der Waals surface area contributed by atoms with Gasteiger partial charge in [-0.1, -0.05) is 12.1 Å². The number of carbonyl (C=O) groups is 5. The molecule has 0 N–H and O–H groups in total. The Kier molecular flexibility index (Phi) is 7.44. The molecule has 0 unspecified atom stereocenters. The highest BCUT2D eigenvalue weighted by atomic mass is 16.7. The summed E-state index contributed by atoms with van der Waals surface area (Å²) < 4.78 is 27.5. The van der Waals surface area contributed by atoms with Gasteiger partial charge in [0.15, 0.2) is 18.5 Å². The predicted octanol–water partition coefficient (Wildman–Crippen LogP) is 0.839. The van der Waals surface area contributed by atoms with Crippen molar-refractivity contribution >= 4 is 29.7 Å². The van der Waals surface area contributed by atoms with Gasteiger partial charge in [-0.25, -0.2) is 0 Å². The number of ether oxygens (including phenoxy) is 5. The van der Waals surface area contributed by atoms with Gasteiger partial charge in [0, 0.05) is 27.4 Å². The van der Waals surface area contributed by atoms with Crippen molar-refractivity contribution in [1.29, 1.82) is 0 Å². The Morgan fingerprint density at radius 2 is 1.45 bits per heavy atom. The molecule has 2 aliphatic rings. The SMILES string of the molecule is CCO[C@@H]1O[C@H](COC(C)=O)[C@@H](OC(C)=O)[C@H](OC(C)=O)[C@H]1N1C(=O)c2ccccc2C1=O. The molecule has 1 aromatic carbocycles. The van der Waals surface area contributed by atoms with E-state index < -0.39 is 60.4 Å². The fourth-order valence-corrected chi connectivity index (χ4v) is 3.94. The Balaban J connectivity index is 2.07. The number of amides is 2. The Morgan fingerprint density at radius 3 is 1.94 bits per heavy atom. The van der Waals surface area contributed by atoms with Crippen LogP contribution < -0.4 is 0 Å². The number of carbonyl (C=O) groups excluding carboxylic acids is 5. The first-order valence-corrected chi connectivity index (χ1v) is 10.4. The molecule has 178 valence electrons. The largest absolute Gasteiger partial charge is 0.463 e. The van der Waals surface area contributed by atoms with Crippen LogP contribution in [0.3, 0.4) is 0 Å². The number of imide groups is 1. The monoisotopic (exact) mass is 463 g/mol. The normalized spacial score (nSPS) is 26.5. The summed E-state index contributed by atoms with van der Waals surface area (Å²) in [5.41, 5.74) is 0.343. The average molecular weight is 463 g/mol. The number of nitrogens with zero attached hydrogens (tertiary/aromatic N) is 1. The minimum atomic E-state index is -1.35. The molecule has 0 radical (unpaired) electrons. The van der Waals surface area contributed by atoms with Crippen molar-refractivity contribution in [3.8, 4) is 0 Å². The molecule has 5 atom stereocenters. The minimum Gasteiger partial charge on any atom is -0.463 e. The molecule has 11 nitrogen and oxygen atoms in total. The van der Waals surface area contributed by atoms with Crippen LogP contribution in [-0.2, 0) is 38.1 Å². The van der Waals surface area contributed by atoms with Crippen molar-refractivity contribution in [2.24, 2.45) is 0 Å². The number of esters is 3. The molecule has 0 bridgehead atoms. The van der Waals surface area contributed by atoms with Crippen LogP contribution in [0.15, 0.2) is 24.3 Å². The Hall–Kier alpha value is -3.31. The van der Waals surface area contributed by atoms with Crippen molar-refractivity contribution < 1.29 is 47.7 Å². The van der Waals surface area contributed by atoms with Crippen LogP contribution in [-0.4, -0.2) is 78.5 Å². The highest BCUT2D eigenvalue weighted by Crippen LogP contribution is 2.35. The van der Waals surface area contributed by atoms with E-state index in [4.69, 9.17) is 23.7 Å². The first-order chi connectivity index (χ1) is 15.6. The number of hydrogen-bond acceptors (Lipinski definition) is 10. The third-order valence-corrected chi connectivity index (χ3v) is 5.12. The van der Waals surface area contributed by atoms with E-state index in [0.29, 0.717) is 0 Å². The molecular weight excluding hydrogens is 438 g/mol. The fraction of sp³-hybridized carbons (Fsp3) is 0.500. The molecule has 2 aliphatic heterocycles. The molecule has 11 heteroatoms. The van der Waals surface area contributed by atoms with Gasteiger partial charge in [0.2, 0.25) is 0 Å². The van der Waals surface area contributed by atoms with Gasteiger partial charge in [0.1, 0.15) is 18.8 Å². The molecule has 1 saturated heterocycles. The van der Waals surface area contributed by atoms with Gasteiger partial charge >= 0.3 is 17.9 Å². The van der Waals surface area contributed by atoms with Gasteiger partial charge in [0.05, 0.1) is 11.1 Å². The van der Waals surface area contributed by atoms with Crippen LogP contribution in [0.25, 0.3) is 0 Å². The average Bonchev–Trinajstić information content (AvgIpc) is 2.99. The van der Waals surface area contributed by atoms with Crippen LogP contribution in [0.5, 0.6) is 0 Å². The second-order valence-corrected chi connectivity index (χ2v) is 7.47. The summed E-state index contributed by atoms with van der Waals surface area (Å²) in [7, 11) is 0. The van der Waals surface area contributed by atoms with Crippen LogP contribution >= 0.6 is 0 Å². The van der Waals surface area contributed by atoms with Crippen molar-refractivity contribution in [2.75, 3.05) is 13.2 Å². The lowest BCUT2D eigenvalue weighted by Crippen LogP contribution is -2.67. The number of rotatable bonds is 7. The number of fused-ring (bicyclic) bond motifs is 1. The lowest BCUT2D eigenvalue weighted by atomic mass is 9.94. The maximum atomic E-state index is 13.2. The molecule has 0 aromatic heterocycles. The third-order valence-electron chi connectivity index (χ3n) is 5.12. The van der Waals surface area contributed by atoms with Gasteiger partial charge in [-0.05, 0) is 19.1 Å². The molecule has 3 rings (SSSR count). The summed E-state index contributed by atoms with van der Waals surface area (Å²) in [6.07, 6.45) is -4.99. The molecule has 2 amide bonds. The highest BCUT2D eigenvalue weighted by Gasteiger charge is 2.57. The second-order valence-electron chi connectivity index (χ2n) is 7.47.